The standard InChI is InChI=1S/C11H19NS.ClH/c1-5-8(4)11-9(12)6-10(13-11)7(2)3;/h6-8H,5,12H2,1-4H3;1H. The normalized spacial score (nSPS) is 12.6. The zero-order chi connectivity index (χ0) is 10.0. The maximum Gasteiger partial charge on any atom is 0.0461 e. The van der Waals surface area contributed by atoms with E-state index in [2.05, 4.69) is 33.8 Å². The molecule has 0 amide bonds. The fourth-order valence-corrected chi connectivity index (χ4v) is 2.51. The Hall–Kier alpha value is -0.210. The minimum Gasteiger partial charge on any atom is -0.398 e. The van der Waals surface area contributed by atoms with Gasteiger partial charge in [-0.3, -0.25) is 0 Å². The zero-order valence-corrected chi connectivity index (χ0v) is 11.0. The molecule has 0 spiro atoms. The molecule has 1 atom stereocenters. The van der Waals surface area contributed by atoms with E-state index in [1.165, 1.54) is 16.2 Å². The van der Waals surface area contributed by atoms with E-state index < -0.39 is 0 Å². The molecule has 0 aliphatic carbocycles. The lowest BCUT2D eigenvalue weighted by atomic mass is 10.1. The van der Waals surface area contributed by atoms with Crippen LogP contribution in [0.15, 0.2) is 6.07 Å². The van der Waals surface area contributed by atoms with Gasteiger partial charge in [0.05, 0.1) is 0 Å². The van der Waals surface area contributed by atoms with Crippen LogP contribution in [0.3, 0.4) is 0 Å². The number of hydrogen-bond acceptors (Lipinski definition) is 2. The average molecular weight is 234 g/mol. The highest BCUT2D eigenvalue weighted by Crippen LogP contribution is 2.36. The SMILES string of the molecule is CCC(C)c1sc(C(C)C)cc1N.Cl. The minimum absolute atomic E-state index is 0. The number of anilines is 1. The molecule has 0 aliphatic heterocycles. The lowest BCUT2D eigenvalue weighted by Gasteiger charge is -2.06. The van der Waals surface area contributed by atoms with Crippen molar-refractivity contribution in [2.75, 3.05) is 5.73 Å². The molecular weight excluding hydrogens is 214 g/mol. The van der Waals surface area contributed by atoms with Crippen LogP contribution in [0.2, 0.25) is 0 Å². The molecule has 1 aromatic heterocycles. The Balaban J connectivity index is 0.00000169. The van der Waals surface area contributed by atoms with Gasteiger partial charge in [0.25, 0.3) is 0 Å². The summed E-state index contributed by atoms with van der Waals surface area (Å²) >= 11 is 1.88. The van der Waals surface area contributed by atoms with Gasteiger partial charge in [-0.25, -0.2) is 0 Å². The quantitative estimate of drug-likeness (QED) is 0.824. The smallest absolute Gasteiger partial charge is 0.0461 e. The molecule has 3 heteroatoms. The first kappa shape index (κ1) is 13.8. The number of thiophene rings is 1. The summed E-state index contributed by atoms with van der Waals surface area (Å²) in [6.07, 6.45) is 1.17. The van der Waals surface area contributed by atoms with Crippen molar-refractivity contribution in [2.24, 2.45) is 0 Å². The van der Waals surface area contributed by atoms with E-state index in [0.29, 0.717) is 11.8 Å². The number of rotatable bonds is 3. The Bertz CT molecular complexity index is 281. The van der Waals surface area contributed by atoms with E-state index in [0.717, 1.165) is 5.69 Å². The Morgan fingerprint density at radius 1 is 1.36 bits per heavy atom. The first-order valence-electron chi connectivity index (χ1n) is 4.95. The van der Waals surface area contributed by atoms with Crippen LogP contribution in [-0.4, -0.2) is 0 Å². The molecule has 1 unspecified atom stereocenters. The van der Waals surface area contributed by atoms with Crippen LogP contribution in [0.25, 0.3) is 0 Å². The van der Waals surface area contributed by atoms with Crippen molar-refractivity contribution >= 4 is 29.4 Å². The van der Waals surface area contributed by atoms with E-state index in [-0.39, 0.29) is 12.4 Å². The highest BCUT2D eigenvalue weighted by molar-refractivity contribution is 7.12. The van der Waals surface area contributed by atoms with Gasteiger partial charge in [0.15, 0.2) is 0 Å². The summed E-state index contributed by atoms with van der Waals surface area (Å²) in [7, 11) is 0. The summed E-state index contributed by atoms with van der Waals surface area (Å²) in [5.74, 6) is 1.21. The molecular formula is C11H20ClNS. The molecule has 1 heterocycles. The molecule has 2 N–H and O–H groups in total. The summed E-state index contributed by atoms with van der Waals surface area (Å²) in [6.45, 7) is 8.88. The van der Waals surface area contributed by atoms with Gasteiger partial charge in [0.2, 0.25) is 0 Å². The van der Waals surface area contributed by atoms with Crippen LogP contribution >= 0.6 is 23.7 Å². The Kier molecular flexibility index (Phi) is 5.53. The van der Waals surface area contributed by atoms with Gasteiger partial charge in [0.1, 0.15) is 0 Å². The van der Waals surface area contributed by atoms with Crippen molar-refractivity contribution in [1.82, 2.24) is 0 Å². The Labute approximate surface area is 97.1 Å². The van der Waals surface area contributed by atoms with Crippen molar-refractivity contribution in [3.63, 3.8) is 0 Å². The van der Waals surface area contributed by atoms with E-state index in [9.17, 15) is 0 Å². The van der Waals surface area contributed by atoms with Crippen LogP contribution in [0, 0.1) is 0 Å². The van der Waals surface area contributed by atoms with E-state index in [1.807, 2.05) is 11.3 Å². The summed E-state index contributed by atoms with van der Waals surface area (Å²) in [4.78, 5) is 2.78. The van der Waals surface area contributed by atoms with Crippen molar-refractivity contribution in [2.45, 2.75) is 46.0 Å². The van der Waals surface area contributed by atoms with Gasteiger partial charge < -0.3 is 5.73 Å². The third-order valence-electron chi connectivity index (χ3n) is 2.44. The van der Waals surface area contributed by atoms with E-state index in [4.69, 9.17) is 5.73 Å². The van der Waals surface area contributed by atoms with Gasteiger partial charge in [-0.1, -0.05) is 27.7 Å². The predicted octanol–water partition coefficient (Wildman–Crippen LogP) is 4.39. The number of hydrogen-bond donors (Lipinski definition) is 1. The predicted molar refractivity (Wildman–Crippen MR) is 68.8 cm³/mol. The molecule has 0 bridgehead atoms. The van der Waals surface area contributed by atoms with Crippen molar-refractivity contribution in [1.29, 1.82) is 0 Å². The Morgan fingerprint density at radius 3 is 2.29 bits per heavy atom. The Morgan fingerprint density at radius 2 is 1.93 bits per heavy atom. The molecule has 0 saturated carbocycles. The molecule has 0 aromatic carbocycles. The highest BCUT2D eigenvalue weighted by Gasteiger charge is 2.13. The lowest BCUT2D eigenvalue weighted by Crippen LogP contribution is -1.92. The highest BCUT2D eigenvalue weighted by atomic mass is 35.5. The fourth-order valence-electron chi connectivity index (χ4n) is 1.29. The fraction of sp³-hybridized carbons (Fsp3) is 0.636. The summed E-state index contributed by atoms with van der Waals surface area (Å²) in [5.41, 5.74) is 6.96. The second-order valence-corrected chi connectivity index (χ2v) is 5.05. The number of nitrogen functional groups attached to an aromatic ring is 1. The molecule has 0 radical (unpaired) electrons. The molecule has 82 valence electrons. The maximum absolute atomic E-state index is 5.97. The third kappa shape index (κ3) is 2.89. The summed E-state index contributed by atoms with van der Waals surface area (Å²) < 4.78 is 0. The zero-order valence-electron chi connectivity index (χ0n) is 9.33. The second kappa shape index (κ2) is 5.62. The van der Waals surface area contributed by atoms with Gasteiger partial charge in [-0.15, -0.1) is 23.7 Å². The molecule has 1 rings (SSSR count). The van der Waals surface area contributed by atoms with Crippen LogP contribution in [0.5, 0.6) is 0 Å². The maximum atomic E-state index is 5.97. The number of nitrogens with two attached hydrogens (primary N) is 1. The minimum atomic E-state index is 0. The van der Waals surface area contributed by atoms with Crippen LogP contribution < -0.4 is 5.73 Å². The largest absolute Gasteiger partial charge is 0.398 e. The van der Waals surface area contributed by atoms with E-state index in [1.54, 1.807) is 0 Å². The molecule has 14 heavy (non-hydrogen) atoms. The van der Waals surface area contributed by atoms with Crippen LogP contribution in [-0.2, 0) is 0 Å². The van der Waals surface area contributed by atoms with Gasteiger partial charge in [0, 0.05) is 15.4 Å². The molecule has 1 aromatic rings. The third-order valence-corrected chi connectivity index (χ3v) is 4.12. The van der Waals surface area contributed by atoms with Gasteiger partial charge >= 0.3 is 0 Å². The van der Waals surface area contributed by atoms with Crippen molar-refractivity contribution < 1.29 is 0 Å². The molecule has 0 aliphatic rings. The monoisotopic (exact) mass is 233 g/mol. The van der Waals surface area contributed by atoms with Crippen LogP contribution in [0.4, 0.5) is 5.69 Å². The van der Waals surface area contributed by atoms with Gasteiger partial charge in [-0.05, 0) is 24.3 Å². The molecule has 0 saturated heterocycles. The molecule has 1 nitrogen and oxygen atoms in total. The first-order valence-corrected chi connectivity index (χ1v) is 5.77. The lowest BCUT2D eigenvalue weighted by molar-refractivity contribution is 0.750. The van der Waals surface area contributed by atoms with E-state index >= 15 is 0 Å². The average Bonchev–Trinajstić information content (AvgIpc) is 2.46. The van der Waals surface area contributed by atoms with Crippen LogP contribution in [0.1, 0.15) is 55.7 Å². The second-order valence-electron chi connectivity index (χ2n) is 3.93. The van der Waals surface area contributed by atoms with Crippen molar-refractivity contribution in [3.8, 4) is 0 Å². The number of halogens is 1. The van der Waals surface area contributed by atoms with Gasteiger partial charge in [-0.2, -0.15) is 0 Å². The summed E-state index contributed by atoms with van der Waals surface area (Å²) in [6, 6.07) is 2.14. The summed E-state index contributed by atoms with van der Waals surface area (Å²) in [5, 5.41) is 0. The topological polar surface area (TPSA) is 26.0 Å². The molecule has 0 fully saturated rings. The van der Waals surface area contributed by atoms with Crippen molar-refractivity contribution in [3.05, 3.63) is 15.8 Å². The first-order chi connectivity index (χ1) is 6.06.